The minimum atomic E-state index is -0.841. The maximum Gasteiger partial charge on any atom is 0.310 e. The highest BCUT2D eigenvalue weighted by Crippen LogP contribution is 2.26. The highest BCUT2D eigenvalue weighted by atomic mass is 19.1. The number of carboxylic acids is 1. The molecule has 0 radical (unpaired) electrons. The Bertz CT molecular complexity index is 447. The van der Waals surface area contributed by atoms with Gasteiger partial charge in [-0.15, -0.1) is 0 Å². The molecule has 98 valence electrons. The van der Waals surface area contributed by atoms with E-state index in [-0.39, 0.29) is 5.82 Å². The molecule has 2 rings (SSSR count). The number of rotatable bonds is 5. The molecule has 0 saturated carbocycles. The Morgan fingerprint density at radius 1 is 1.56 bits per heavy atom. The molecular formula is C12H16FN3O2. The molecule has 1 saturated heterocycles. The van der Waals surface area contributed by atoms with Gasteiger partial charge in [-0.2, -0.15) is 0 Å². The summed E-state index contributed by atoms with van der Waals surface area (Å²) in [5, 5.41) is 8.78. The molecule has 18 heavy (non-hydrogen) atoms. The van der Waals surface area contributed by atoms with Crippen molar-refractivity contribution >= 4 is 11.8 Å². The maximum atomic E-state index is 14.1. The van der Waals surface area contributed by atoms with Crippen LogP contribution in [0.25, 0.3) is 0 Å². The first-order valence-electron chi connectivity index (χ1n) is 6.10. The SMILES string of the molecule is CCCCc1ncnc(N2CC(C(=O)O)C2)c1F. The standard InChI is InChI=1S/C12H16FN3O2/c1-2-3-4-9-10(13)11(15-7-14-9)16-5-8(6-16)12(17)18/h7-8H,2-6H2,1H3,(H,17,18). The van der Waals surface area contributed by atoms with Gasteiger partial charge in [0.25, 0.3) is 0 Å². The van der Waals surface area contributed by atoms with Gasteiger partial charge >= 0.3 is 5.97 Å². The monoisotopic (exact) mass is 253 g/mol. The van der Waals surface area contributed by atoms with Gasteiger partial charge in [-0.1, -0.05) is 13.3 Å². The van der Waals surface area contributed by atoms with Crippen molar-refractivity contribution in [2.75, 3.05) is 18.0 Å². The Morgan fingerprint density at radius 2 is 2.28 bits per heavy atom. The van der Waals surface area contributed by atoms with Crippen molar-refractivity contribution in [3.8, 4) is 0 Å². The molecular weight excluding hydrogens is 237 g/mol. The molecule has 0 unspecified atom stereocenters. The number of halogens is 1. The summed E-state index contributed by atoms with van der Waals surface area (Å²) in [7, 11) is 0. The van der Waals surface area contributed by atoms with Gasteiger partial charge in [-0.25, -0.2) is 14.4 Å². The quantitative estimate of drug-likeness (QED) is 0.861. The van der Waals surface area contributed by atoms with E-state index >= 15 is 0 Å². The van der Waals surface area contributed by atoms with Crippen LogP contribution in [0.3, 0.4) is 0 Å². The average molecular weight is 253 g/mol. The molecule has 1 aliphatic rings. The topological polar surface area (TPSA) is 66.3 Å². The van der Waals surface area contributed by atoms with Crippen LogP contribution < -0.4 is 4.90 Å². The smallest absolute Gasteiger partial charge is 0.310 e. The molecule has 0 atom stereocenters. The predicted octanol–water partition coefficient (Wildman–Crippen LogP) is 1.48. The fourth-order valence-electron chi connectivity index (χ4n) is 1.94. The Morgan fingerprint density at radius 3 is 2.89 bits per heavy atom. The maximum absolute atomic E-state index is 14.1. The molecule has 1 aliphatic heterocycles. The Hall–Kier alpha value is -1.72. The molecule has 1 fully saturated rings. The zero-order chi connectivity index (χ0) is 13.1. The lowest BCUT2D eigenvalue weighted by Gasteiger charge is -2.37. The lowest BCUT2D eigenvalue weighted by molar-refractivity contribution is -0.142. The number of aliphatic carboxylic acids is 1. The predicted molar refractivity (Wildman–Crippen MR) is 63.9 cm³/mol. The number of aromatic nitrogens is 2. The van der Waals surface area contributed by atoms with E-state index in [1.807, 2.05) is 6.92 Å². The van der Waals surface area contributed by atoms with Gasteiger partial charge in [-0.05, 0) is 12.8 Å². The van der Waals surface area contributed by atoms with Crippen LogP contribution in [0.1, 0.15) is 25.5 Å². The number of carbonyl (C=O) groups is 1. The number of nitrogens with zero attached hydrogens (tertiary/aromatic N) is 3. The molecule has 5 nitrogen and oxygen atoms in total. The minimum absolute atomic E-state index is 0.230. The second kappa shape index (κ2) is 5.29. The minimum Gasteiger partial charge on any atom is -0.481 e. The fraction of sp³-hybridized carbons (Fsp3) is 0.583. The van der Waals surface area contributed by atoms with Crippen molar-refractivity contribution in [3.05, 3.63) is 17.8 Å². The summed E-state index contributed by atoms with van der Waals surface area (Å²) in [6, 6.07) is 0. The van der Waals surface area contributed by atoms with Gasteiger partial charge < -0.3 is 10.0 Å². The molecule has 0 aliphatic carbocycles. The number of anilines is 1. The zero-order valence-electron chi connectivity index (χ0n) is 10.3. The highest BCUT2D eigenvalue weighted by molar-refractivity contribution is 5.74. The number of hydrogen-bond donors (Lipinski definition) is 1. The Kier molecular flexibility index (Phi) is 3.74. The number of carboxylic acid groups (broad SMARTS) is 1. The largest absolute Gasteiger partial charge is 0.481 e. The molecule has 1 N–H and O–H groups in total. The van der Waals surface area contributed by atoms with Gasteiger partial charge in [0, 0.05) is 13.1 Å². The molecule has 0 spiro atoms. The lowest BCUT2D eigenvalue weighted by atomic mass is 10.0. The van der Waals surface area contributed by atoms with Crippen molar-refractivity contribution in [2.24, 2.45) is 5.92 Å². The normalized spacial score (nSPS) is 15.6. The summed E-state index contributed by atoms with van der Waals surface area (Å²) in [5.41, 5.74) is 0.417. The molecule has 1 aromatic heterocycles. The number of hydrogen-bond acceptors (Lipinski definition) is 4. The van der Waals surface area contributed by atoms with Gasteiger partial charge in [0.05, 0.1) is 11.6 Å². The van der Waals surface area contributed by atoms with Crippen molar-refractivity contribution in [1.82, 2.24) is 9.97 Å². The van der Waals surface area contributed by atoms with Gasteiger partial charge in [-0.3, -0.25) is 4.79 Å². The van der Waals surface area contributed by atoms with Crippen molar-refractivity contribution < 1.29 is 14.3 Å². The van der Waals surface area contributed by atoms with E-state index in [0.29, 0.717) is 25.2 Å². The van der Waals surface area contributed by atoms with Crippen LogP contribution in [-0.4, -0.2) is 34.1 Å². The van der Waals surface area contributed by atoms with Crippen molar-refractivity contribution in [2.45, 2.75) is 26.2 Å². The van der Waals surface area contributed by atoms with E-state index in [1.165, 1.54) is 6.33 Å². The Balaban J connectivity index is 2.08. The highest BCUT2D eigenvalue weighted by Gasteiger charge is 2.35. The number of unbranched alkanes of at least 4 members (excludes halogenated alkanes) is 1. The second-order valence-electron chi connectivity index (χ2n) is 4.50. The van der Waals surface area contributed by atoms with Gasteiger partial charge in [0.2, 0.25) is 0 Å². The average Bonchev–Trinajstić information content (AvgIpc) is 2.27. The van der Waals surface area contributed by atoms with Crippen LogP contribution in [0.2, 0.25) is 0 Å². The first-order chi connectivity index (χ1) is 8.63. The molecule has 0 bridgehead atoms. The molecule has 2 heterocycles. The second-order valence-corrected chi connectivity index (χ2v) is 4.50. The van der Waals surface area contributed by atoms with Crippen LogP contribution in [0.4, 0.5) is 10.2 Å². The summed E-state index contributed by atoms with van der Waals surface area (Å²) in [4.78, 5) is 20.2. The first kappa shape index (κ1) is 12.7. The van der Waals surface area contributed by atoms with Crippen LogP contribution in [0.15, 0.2) is 6.33 Å². The first-order valence-corrected chi connectivity index (χ1v) is 6.10. The number of aryl methyl sites for hydroxylation is 1. The molecule has 0 amide bonds. The fourth-order valence-corrected chi connectivity index (χ4v) is 1.94. The van der Waals surface area contributed by atoms with Crippen molar-refractivity contribution in [3.63, 3.8) is 0 Å². The van der Waals surface area contributed by atoms with Crippen molar-refractivity contribution in [1.29, 1.82) is 0 Å². The summed E-state index contributed by atoms with van der Waals surface area (Å²) in [6.45, 7) is 2.67. The summed E-state index contributed by atoms with van der Waals surface area (Å²) < 4.78 is 14.1. The molecule has 1 aromatic rings. The third-order valence-corrected chi connectivity index (χ3v) is 3.14. The molecule has 0 aromatic carbocycles. The van der Waals surface area contributed by atoms with Crippen LogP contribution >= 0.6 is 0 Å². The van der Waals surface area contributed by atoms with E-state index in [0.717, 1.165) is 12.8 Å². The van der Waals surface area contributed by atoms with Gasteiger partial charge in [0.1, 0.15) is 6.33 Å². The summed E-state index contributed by atoms with van der Waals surface area (Å²) in [5.74, 6) is -1.44. The van der Waals surface area contributed by atoms with Crippen LogP contribution in [0, 0.1) is 11.7 Å². The van der Waals surface area contributed by atoms with E-state index < -0.39 is 17.7 Å². The Labute approximate surface area is 105 Å². The van der Waals surface area contributed by atoms with E-state index in [2.05, 4.69) is 9.97 Å². The summed E-state index contributed by atoms with van der Waals surface area (Å²) >= 11 is 0. The van der Waals surface area contributed by atoms with Crippen LogP contribution in [0.5, 0.6) is 0 Å². The lowest BCUT2D eigenvalue weighted by Crippen LogP contribution is -2.51. The van der Waals surface area contributed by atoms with E-state index in [4.69, 9.17) is 5.11 Å². The summed E-state index contributed by atoms with van der Waals surface area (Å²) in [6.07, 6.45) is 3.79. The third-order valence-electron chi connectivity index (χ3n) is 3.14. The van der Waals surface area contributed by atoms with Crippen LogP contribution in [-0.2, 0) is 11.2 Å². The van der Waals surface area contributed by atoms with E-state index in [9.17, 15) is 9.18 Å². The van der Waals surface area contributed by atoms with E-state index in [1.54, 1.807) is 4.90 Å². The van der Waals surface area contributed by atoms with Gasteiger partial charge in [0.15, 0.2) is 11.6 Å². The zero-order valence-corrected chi connectivity index (χ0v) is 10.3. The molecule has 6 heteroatoms. The third kappa shape index (κ3) is 2.42.